The van der Waals surface area contributed by atoms with Crippen molar-refractivity contribution in [2.24, 2.45) is 0 Å². The van der Waals surface area contributed by atoms with E-state index < -0.39 is 21.1 Å². The number of fused-ring (bicyclic) bond motifs is 1. The summed E-state index contributed by atoms with van der Waals surface area (Å²) >= 11 is -2.27. The Morgan fingerprint density at radius 3 is 2.71 bits per heavy atom. The molecule has 8 nitrogen and oxygen atoms in total. The van der Waals surface area contributed by atoms with E-state index in [0.717, 1.165) is 0 Å². The van der Waals surface area contributed by atoms with E-state index in [2.05, 4.69) is 14.7 Å². The van der Waals surface area contributed by atoms with Gasteiger partial charge in [-0.05, 0) is 30.3 Å². The Morgan fingerprint density at radius 1 is 1.25 bits per heavy atom. The lowest BCUT2D eigenvalue weighted by molar-refractivity contribution is 0.417. The van der Waals surface area contributed by atoms with Gasteiger partial charge in [0.2, 0.25) is 16.2 Å². The van der Waals surface area contributed by atoms with E-state index in [0.29, 0.717) is 22.5 Å². The van der Waals surface area contributed by atoms with Crippen molar-refractivity contribution < 1.29 is 21.9 Å². The second-order valence-electron chi connectivity index (χ2n) is 4.78. The number of ether oxygens (including phenoxy) is 1. The largest absolute Gasteiger partial charge is 0.495 e. The smallest absolute Gasteiger partial charge is 0.262 e. The summed E-state index contributed by atoms with van der Waals surface area (Å²) in [6, 6.07) is 10.8. The first-order chi connectivity index (χ1) is 11.4. The highest BCUT2D eigenvalue weighted by Crippen LogP contribution is 2.27. The number of nitrogens with zero attached hydrogens (tertiary/aromatic N) is 1. The number of H-pyrrole nitrogens is 1. The Labute approximate surface area is 140 Å². The van der Waals surface area contributed by atoms with E-state index in [1.165, 1.54) is 25.3 Å². The van der Waals surface area contributed by atoms with Crippen molar-refractivity contribution in [2.75, 3.05) is 11.8 Å². The molecule has 0 spiro atoms. The molecule has 1 atom stereocenters. The van der Waals surface area contributed by atoms with Gasteiger partial charge in [-0.25, -0.2) is 17.6 Å². The van der Waals surface area contributed by atoms with Crippen LogP contribution >= 0.6 is 0 Å². The maximum atomic E-state index is 12.5. The van der Waals surface area contributed by atoms with E-state index >= 15 is 0 Å². The van der Waals surface area contributed by atoms with Crippen LogP contribution in [0.4, 0.5) is 5.69 Å². The highest BCUT2D eigenvalue weighted by molar-refractivity contribution is 7.92. The van der Waals surface area contributed by atoms with Gasteiger partial charge in [0.1, 0.15) is 5.75 Å². The number of rotatable bonds is 5. The molecular formula is C14H13N3O5S2. The van der Waals surface area contributed by atoms with Crippen molar-refractivity contribution in [2.45, 2.75) is 10.1 Å². The molecule has 0 amide bonds. The molecule has 24 heavy (non-hydrogen) atoms. The minimum absolute atomic E-state index is 0.0140. The standard InChI is InChI=1S/C14H13N3O5S2/c1-22-13-5-3-2-4-11(13)17-24(20,21)9-6-7-10-12(8-9)16-14(15-10)23(18)19/h2-8,17H,1H3,(H,15,16)(H,18,19). The van der Waals surface area contributed by atoms with Crippen LogP contribution in [0.15, 0.2) is 52.5 Å². The first-order valence-electron chi connectivity index (χ1n) is 6.67. The molecule has 0 fully saturated rings. The predicted molar refractivity (Wildman–Crippen MR) is 88.9 cm³/mol. The lowest BCUT2D eigenvalue weighted by atomic mass is 10.3. The van der Waals surface area contributed by atoms with Crippen LogP contribution in [-0.2, 0) is 21.1 Å². The van der Waals surface area contributed by atoms with Crippen molar-refractivity contribution in [3.8, 4) is 5.75 Å². The second kappa shape index (κ2) is 6.23. The monoisotopic (exact) mass is 367 g/mol. The molecule has 0 radical (unpaired) electrons. The zero-order valence-electron chi connectivity index (χ0n) is 12.4. The lowest BCUT2D eigenvalue weighted by Crippen LogP contribution is -2.13. The molecule has 0 aliphatic heterocycles. The van der Waals surface area contributed by atoms with E-state index in [4.69, 9.17) is 9.29 Å². The van der Waals surface area contributed by atoms with Crippen LogP contribution in [0.1, 0.15) is 0 Å². The van der Waals surface area contributed by atoms with Gasteiger partial charge in [-0.3, -0.25) is 9.27 Å². The minimum atomic E-state index is -3.86. The predicted octanol–water partition coefficient (Wildman–Crippen LogP) is 1.95. The molecule has 126 valence electrons. The summed E-state index contributed by atoms with van der Waals surface area (Å²) in [5.74, 6) is 0.390. The summed E-state index contributed by atoms with van der Waals surface area (Å²) in [6.45, 7) is 0. The normalized spacial score (nSPS) is 12.9. The van der Waals surface area contributed by atoms with Crippen molar-refractivity contribution in [3.63, 3.8) is 0 Å². The van der Waals surface area contributed by atoms with Crippen LogP contribution in [0.5, 0.6) is 5.75 Å². The van der Waals surface area contributed by atoms with Crippen molar-refractivity contribution in [3.05, 3.63) is 42.5 Å². The van der Waals surface area contributed by atoms with Gasteiger partial charge < -0.3 is 9.72 Å². The summed E-state index contributed by atoms with van der Waals surface area (Å²) < 4.78 is 52.7. The quantitative estimate of drug-likeness (QED) is 0.593. The molecule has 0 bridgehead atoms. The number of sulfonamides is 1. The Hall–Kier alpha value is -2.43. The van der Waals surface area contributed by atoms with Gasteiger partial charge in [0.05, 0.1) is 28.7 Å². The molecule has 3 rings (SSSR count). The van der Waals surface area contributed by atoms with Gasteiger partial charge in [-0.1, -0.05) is 12.1 Å². The van der Waals surface area contributed by atoms with Crippen LogP contribution < -0.4 is 9.46 Å². The van der Waals surface area contributed by atoms with Crippen molar-refractivity contribution in [1.82, 2.24) is 9.97 Å². The van der Waals surface area contributed by atoms with Gasteiger partial charge in [0, 0.05) is 0 Å². The first kappa shape index (κ1) is 16.4. The fourth-order valence-corrected chi connectivity index (χ4v) is 3.62. The molecule has 0 aliphatic rings. The highest BCUT2D eigenvalue weighted by Gasteiger charge is 2.18. The second-order valence-corrected chi connectivity index (χ2v) is 7.34. The van der Waals surface area contributed by atoms with Gasteiger partial charge in [-0.15, -0.1) is 0 Å². The Bertz CT molecular complexity index is 1030. The third-order valence-electron chi connectivity index (χ3n) is 3.26. The Morgan fingerprint density at radius 2 is 2.00 bits per heavy atom. The summed E-state index contributed by atoms with van der Waals surface area (Å²) in [4.78, 5) is 6.51. The fraction of sp³-hybridized carbons (Fsp3) is 0.0714. The zero-order chi connectivity index (χ0) is 17.3. The number of aromatic nitrogens is 2. The average Bonchev–Trinajstić information content (AvgIpc) is 2.98. The molecule has 0 saturated carbocycles. The number of nitrogens with one attached hydrogen (secondary N) is 2. The third kappa shape index (κ3) is 3.11. The molecule has 2 aromatic carbocycles. The molecule has 0 aliphatic carbocycles. The molecule has 1 heterocycles. The average molecular weight is 367 g/mol. The number of para-hydroxylation sites is 2. The Balaban J connectivity index is 2.00. The number of methoxy groups -OCH3 is 1. The van der Waals surface area contributed by atoms with E-state index in [1.54, 1.807) is 24.3 Å². The number of hydrogen-bond donors (Lipinski definition) is 3. The molecule has 3 aromatic rings. The molecule has 1 aromatic heterocycles. The maximum absolute atomic E-state index is 12.5. The van der Waals surface area contributed by atoms with E-state index in [1.807, 2.05) is 0 Å². The molecule has 1 unspecified atom stereocenters. The first-order valence-corrected chi connectivity index (χ1v) is 9.26. The topological polar surface area (TPSA) is 121 Å². The highest BCUT2D eigenvalue weighted by atomic mass is 32.2. The van der Waals surface area contributed by atoms with Crippen LogP contribution in [0.3, 0.4) is 0 Å². The summed E-state index contributed by atoms with van der Waals surface area (Å²) in [5.41, 5.74) is 1.04. The van der Waals surface area contributed by atoms with Gasteiger partial charge >= 0.3 is 0 Å². The number of aromatic amines is 1. The number of imidazole rings is 1. The molecule has 10 heteroatoms. The lowest BCUT2D eigenvalue weighted by Gasteiger charge is -2.11. The van der Waals surface area contributed by atoms with E-state index in [-0.39, 0.29) is 10.1 Å². The summed E-state index contributed by atoms with van der Waals surface area (Å²) in [5, 5.41) is -0.141. The van der Waals surface area contributed by atoms with Crippen molar-refractivity contribution in [1.29, 1.82) is 0 Å². The van der Waals surface area contributed by atoms with E-state index in [9.17, 15) is 12.6 Å². The van der Waals surface area contributed by atoms with Crippen LogP contribution in [-0.4, -0.2) is 34.3 Å². The minimum Gasteiger partial charge on any atom is -0.495 e. The molecule has 3 N–H and O–H groups in total. The number of benzene rings is 2. The number of hydrogen-bond acceptors (Lipinski definition) is 5. The van der Waals surface area contributed by atoms with Gasteiger partial charge in [0.15, 0.2) is 0 Å². The SMILES string of the molecule is COc1ccccc1NS(=O)(=O)c1ccc2nc(S(=O)O)[nH]c2c1. The van der Waals surface area contributed by atoms with Crippen LogP contribution in [0, 0.1) is 0 Å². The third-order valence-corrected chi connectivity index (χ3v) is 5.15. The van der Waals surface area contributed by atoms with Crippen LogP contribution in [0.2, 0.25) is 0 Å². The van der Waals surface area contributed by atoms with Gasteiger partial charge in [0.25, 0.3) is 10.0 Å². The zero-order valence-corrected chi connectivity index (χ0v) is 14.0. The maximum Gasteiger partial charge on any atom is 0.262 e. The molecule has 0 saturated heterocycles. The molecular weight excluding hydrogens is 354 g/mol. The summed E-state index contributed by atoms with van der Waals surface area (Å²) in [6.07, 6.45) is 0. The van der Waals surface area contributed by atoms with Crippen molar-refractivity contribution >= 4 is 37.8 Å². The number of anilines is 1. The fourth-order valence-electron chi connectivity index (χ4n) is 2.15. The van der Waals surface area contributed by atoms with Crippen LogP contribution in [0.25, 0.3) is 11.0 Å². The Kier molecular flexibility index (Phi) is 4.26. The summed E-state index contributed by atoms with van der Waals surface area (Å²) in [7, 11) is -2.42. The van der Waals surface area contributed by atoms with Gasteiger partial charge in [-0.2, -0.15) is 0 Å².